The van der Waals surface area contributed by atoms with Crippen LogP contribution < -0.4 is 4.74 Å². The van der Waals surface area contributed by atoms with Crippen molar-refractivity contribution in [3.05, 3.63) is 64.7 Å². The van der Waals surface area contributed by atoms with Crippen LogP contribution in [0.25, 0.3) is 0 Å². The van der Waals surface area contributed by atoms with Crippen molar-refractivity contribution < 1.29 is 19.1 Å². The van der Waals surface area contributed by atoms with Crippen LogP contribution in [0.5, 0.6) is 5.75 Å². The summed E-state index contributed by atoms with van der Waals surface area (Å²) in [5.74, 6) is 2.24. The first-order chi connectivity index (χ1) is 15.9. The van der Waals surface area contributed by atoms with Gasteiger partial charge in [0.05, 0.1) is 5.56 Å². The number of hydrogen-bond acceptors (Lipinski definition) is 4. The van der Waals surface area contributed by atoms with E-state index >= 15 is 0 Å². The Morgan fingerprint density at radius 3 is 2.55 bits per heavy atom. The largest absolute Gasteiger partial charge is 0.488 e. The highest BCUT2D eigenvalue weighted by molar-refractivity contribution is 5.97. The summed E-state index contributed by atoms with van der Waals surface area (Å²) < 4.78 is 11.9. The summed E-state index contributed by atoms with van der Waals surface area (Å²) in [5.41, 5.74) is 4.55. The van der Waals surface area contributed by atoms with Gasteiger partial charge in [0.25, 0.3) is 0 Å². The molecule has 0 bridgehead atoms. The number of ketones is 1. The SMILES string of the molecule is CC(=O)O[C@H]1CC[C@H]2[C@@H]3CCc4cc(OCc5ccccc5)c(C(C)=O)cc4[C@H]3CC[C@]12C. The molecule has 0 radical (unpaired) electrons. The second-order valence-corrected chi connectivity index (χ2v) is 10.5. The molecular formula is C29H34O4. The number of benzene rings is 2. The van der Waals surface area contributed by atoms with E-state index in [-0.39, 0.29) is 23.3 Å². The van der Waals surface area contributed by atoms with E-state index in [4.69, 9.17) is 9.47 Å². The molecular weight excluding hydrogens is 412 g/mol. The Labute approximate surface area is 196 Å². The van der Waals surface area contributed by atoms with Crippen molar-refractivity contribution in [3.63, 3.8) is 0 Å². The number of rotatable bonds is 5. The van der Waals surface area contributed by atoms with Crippen LogP contribution in [0.15, 0.2) is 42.5 Å². The quantitative estimate of drug-likeness (QED) is 0.402. The van der Waals surface area contributed by atoms with Crippen LogP contribution in [0, 0.1) is 17.3 Å². The molecule has 2 fully saturated rings. The minimum Gasteiger partial charge on any atom is -0.488 e. The lowest BCUT2D eigenvalue weighted by molar-refractivity contribution is -0.154. The molecule has 33 heavy (non-hydrogen) atoms. The van der Waals surface area contributed by atoms with Crippen molar-refractivity contribution in [3.8, 4) is 5.75 Å². The lowest BCUT2D eigenvalue weighted by Crippen LogP contribution is -2.45. The third-order valence-electron chi connectivity index (χ3n) is 8.66. The second kappa shape index (κ2) is 8.62. The van der Waals surface area contributed by atoms with Crippen LogP contribution >= 0.6 is 0 Å². The Hall–Kier alpha value is -2.62. The normalized spacial score (nSPS) is 30.0. The van der Waals surface area contributed by atoms with Crippen LogP contribution in [0.2, 0.25) is 0 Å². The first kappa shape index (κ1) is 22.2. The summed E-state index contributed by atoms with van der Waals surface area (Å²) in [6.07, 6.45) is 6.47. The van der Waals surface area contributed by atoms with Crippen molar-refractivity contribution in [1.29, 1.82) is 0 Å². The number of fused-ring (bicyclic) bond motifs is 5. The van der Waals surface area contributed by atoms with Crippen LogP contribution in [0.3, 0.4) is 0 Å². The zero-order valence-electron chi connectivity index (χ0n) is 19.9. The molecule has 0 heterocycles. The summed E-state index contributed by atoms with van der Waals surface area (Å²) in [5, 5.41) is 0. The fraction of sp³-hybridized carbons (Fsp3) is 0.517. The molecule has 5 atom stereocenters. The molecule has 4 heteroatoms. The Kier molecular flexibility index (Phi) is 5.80. The zero-order valence-corrected chi connectivity index (χ0v) is 19.9. The third-order valence-corrected chi connectivity index (χ3v) is 8.66. The number of hydrogen-bond donors (Lipinski definition) is 0. The highest BCUT2D eigenvalue weighted by Gasteiger charge is 2.56. The Bertz CT molecular complexity index is 1060. The van der Waals surface area contributed by atoms with E-state index in [1.54, 1.807) is 6.92 Å². The molecule has 3 aliphatic rings. The Morgan fingerprint density at radius 1 is 1.03 bits per heavy atom. The lowest BCUT2D eigenvalue weighted by Gasteiger charge is -2.50. The summed E-state index contributed by atoms with van der Waals surface area (Å²) in [7, 11) is 0. The molecule has 0 spiro atoms. The van der Waals surface area contributed by atoms with Gasteiger partial charge in [-0.1, -0.05) is 37.3 Å². The molecule has 2 aromatic rings. The minimum atomic E-state index is -0.160. The van der Waals surface area contributed by atoms with E-state index in [0.29, 0.717) is 35.7 Å². The van der Waals surface area contributed by atoms with Crippen molar-refractivity contribution in [2.75, 3.05) is 0 Å². The average molecular weight is 447 g/mol. The molecule has 0 aromatic heterocycles. The maximum absolute atomic E-state index is 12.6. The van der Waals surface area contributed by atoms with Gasteiger partial charge in [0.2, 0.25) is 0 Å². The van der Waals surface area contributed by atoms with Crippen LogP contribution in [-0.2, 0) is 22.6 Å². The molecule has 0 unspecified atom stereocenters. The standard InChI is InChI=1S/C29H34O4/c1-18(30)24-16-25-21(15-27(24)32-17-20-7-5-4-6-8-20)9-10-23-22(25)13-14-29(3)26(23)11-12-28(29)33-19(2)31/h4-8,15-16,22-23,26,28H,9-14,17H2,1-3H3/t22-,23+,26-,28-,29-/m0/s1. The van der Waals surface area contributed by atoms with Gasteiger partial charge in [-0.05, 0) is 92.0 Å². The number of aryl methyl sites for hydroxylation is 1. The number of Topliss-reactive ketones (excluding diaryl/α,β-unsaturated/α-hetero) is 1. The van der Waals surface area contributed by atoms with Gasteiger partial charge in [-0.25, -0.2) is 0 Å². The zero-order chi connectivity index (χ0) is 23.2. The molecule has 2 saturated carbocycles. The van der Waals surface area contributed by atoms with E-state index in [0.717, 1.165) is 44.1 Å². The van der Waals surface area contributed by atoms with Gasteiger partial charge >= 0.3 is 5.97 Å². The molecule has 2 aromatic carbocycles. The van der Waals surface area contributed by atoms with E-state index in [1.165, 1.54) is 18.1 Å². The van der Waals surface area contributed by atoms with Crippen LogP contribution in [-0.4, -0.2) is 17.9 Å². The summed E-state index contributed by atoms with van der Waals surface area (Å²) in [6.45, 7) is 5.96. The predicted molar refractivity (Wildman–Crippen MR) is 127 cm³/mol. The minimum absolute atomic E-state index is 0.0453. The van der Waals surface area contributed by atoms with Gasteiger partial charge in [-0.3, -0.25) is 9.59 Å². The van der Waals surface area contributed by atoms with Gasteiger partial charge in [-0.15, -0.1) is 0 Å². The van der Waals surface area contributed by atoms with E-state index in [9.17, 15) is 9.59 Å². The summed E-state index contributed by atoms with van der Waals surface area (Å²) >= 11 is 0. The molecule has 0 saturated heterocycles. The van der Waals surface area contributed by atoms with E-state index in [1.807, 2.05) is 30.3 Å². The molecule has 0 amide bonds. The maximum Gasteiger partial charge on any atom is 0.302 e. The molecule has 0 aliphatic heterocycles. The van der Waals surface area contributed by atoms with E-state index < -0.39 is 0 Å². The van der Waals surface area contributed by atoms with Crippen LogP contribution in [0.4, 0.5) is 0 Å². The highest BCUT2D eigenvalue weighted by Crippen LogP contribution is 2.61. The topological polar surface area (TPSA) is 52.6 Å². The van der Waals surface area contributed by atoms with Gasteiger partial charge in [0.1, 0.15) is 18.5 Å². The Balaban J connectivity index is 1.42. The molecule has 4 nitrogen and oxygen atoms in total. The fourth-order valence-corrected chi connectivity index (χ4v) is 7.07. The number of carbonyl (C=O) groups is 2. The van der Waals surface area contributed by atoms with Crippen molar-refractivity contribution >= 4 is 11.8 Å². The molecule has 5 rings (SSSR count). The summed E-state index contributed by atoms with van der Waals surface area (Å²) in [4.78, 5) is 24.2. The first-order valence-corrected chi connectivity index (χ1v) is 12.4. The van der Waals surface area contributed by atoms with Gasteiger partial charge in [0, 0.05) is 12.3 Å². The van der Waals surface area contributed by atoms with Crippen molar-refractivity contribution in [1.82, 2.24) is 0 Å². The fourth-order valence-electron chi connectivity index (χ4n) is 7.07. The van der Waals surface area contributed by atoms with Gasteiger partial charge < -0.3 is 9.47 Å². The smallest absolute Gasteiger partial charge is 0.302 e. The van der Waals surface area contributed by atoms with Crippen LogP contribution in [0.1, 0.15) is 85.8 Å². The molecule has 0 N–H and O–H groups in total. The molecule has 174 valence electrons. The lowest BCUT2D eigenvalue weighted by atomic mass is 9.55. The maximum atomic E-state index is 12.6. The predicted octanol–water partition coefficient (Wildman–Crippen LogP) is 6.26. The Morgan fingerprint density at radius 2 is 1.82 bits per heavy atom. The van der Waals surface area contributed by atoms with Gasteiger partial charge in [-0.2, -0.15) is 0 Å². The van der Waals surface area contributed by atoms with E-state index in [2.05, 4.69) is 19.1 Å². The number of ether oxygens (including phenoxy) is 2. The number of esters is 1. The third kappa shape index (κ3) is 3.98. The monoisotopic (exact) mass is 446 g/mol. The summed E-state index contributed by atoms with van der Waals surface area (Å²) in [6, 6.07) is 14.4. The second-order valence-electron chi connectivity index (χ2n) is 10.5. The van der Waals surface area contributed by atoms with Crippen molar-refractivity contribution in [2.45, 2.75) is 77.9 Å². The highest BCUT2D eigenvalue weighted by atomic mass is 16.5. The first-order valence-electron chi connectivity index (χ1n) is 12.4. The number of carbonyl (C=O) groups excluding carboxylic acids is 2. The molecule has 3 aliphatic carbocycles. The van der Waals surface area contributed by atoms with Crippen molar-refractivity contribution in [2.24, 2.45) is 17.3 Å². The van der Waals surface area contributed by atoms with Gasteiger partial charge in [0.15, 0.2) is 5.78 Å². The average Bonchev–Trinajstić information content (AvgIpc) is 3.13.